The average Bonchev–Trinajstić information content (AvgIpc) is 2.35. The molecular formula is C19H24O. The van der Waals surface area contributed by atoms with Gasteiger partial charge >= 0.3 is 0 Å². The van der Waals surface area contributed by atoms with Gasteiger partial charge in [-0.2, -0.15) is 0 Å². The quantitative estimate of drug-likeness (QED) is 0.669. The van der Waals surface area contributed by atoms with Crippen molar-refractivity contribution >= 4 is 16.6 Å². The van der Waals surface area contributed by atoms with Gasteiger partial charge in [-0.3, -0.25) is 4.79 Å². The van der Waals surface area contributed by atoms with E-state index in [1.807, 2.05) is 18.2 Å². The molecule has 0 radical (unpaired) electrons. The van der Waals surface area contributed by atoms with Crippen molar-refractivity contribution in [2.24, 2.45) is 5.41 Å². The number of carbonyl (C=O) groups excluding carboxylic acids is 1. The number of rotatable bonds is 2. The van der Waals surface area contributed by atoms with Crippen LogP contribution >= 0.6 is 0 Å². The number of hydrogen-bond donors (Lipinski definition) is 0. The average molecular weight is 268 g/mol. The van der Waals surface area contributed by atoms with E-state index in [-0.39, 0.29) is 16.6 Å². The predicted octanol–water partition coefficient (Wildman–Crippen LogP) is 5.37. The highest BCUT2D eigenvalue weighted by molar-refractivity contribution is 5.98. The summed E-state index contributed by atoms with van der Waals surface area (Å²) in [5, 5.41) is 2.33. The second-order valence-electron chi connectivity index (χ2n) is 7.21. The van der Waals surface area contributed by atoms with E-state index in [1.165, 1.54) is 10.9 Å². The first kappa shape index (κ1) is 14.8. The lowest BCUT2D eigenvalue weighted by Gasteiger charge is -2.39. The summed E-state index contributed by atoms with van der Waals surface area (Å²) in [4.78, 5) is 11.5. The summed E-state index contributed by atoms with van der Waals surface area (Å²) in [6.45, 7) is 13.0. The van der Waals surface area contributed by atoms with E-state index in [2.05, 4.69) is 52.8 Å². The fraction of sp³-hybridized carbons (Fsp3) is 0.421. The van der Waals surface area contributed by atoms with Gasteiger partial charge in [0.15, 0.2) is 5.78 Å². The van der Waals surface area contributed by atoms with Crippen molar-refractivity contribution in [1.29, 1.82) is 0 Å². The van der Waals surface area contributed by atoms with Crippen LogP contribution in [0.5, 0.6) is 0 Å². The summed E-state index contributed by atoms with van der Waals surface area (Å²) < 4.78 is 0. The van der Waals surface area contributed by atoms with Gasteiger partial charge in [0, 0.05) is 5.56 Å². The molecule has 0 amide bonds. The Bertz CT molecular complexity index is 657. The zero-order valence-corrected chi connectivity index (χ0v) is 13.4. The molecule has 0 bridgehead atoms. The monoisotopic (exact) mass is 268 g/mol. The molecule has 0 saturated heterocycles. The van der Waals surface area contributed by atoms with E-state index in [4.69, 9.17) is 0 Å². The molecule has 0 aliphatic carbocycles. The fourth-order valence-electron chi connectivity index (χ4n) is 2.29. The Morgan fingerprint density at radius 1 is 0.850 bits per heavy atom. The molecule has 20 heavy (non-hydrogen) atoms. The normalized spacial score (nSPS) is 12.7. The lowest BCUT2D eigenvalue weighted by atomic mass is 9.65. The highest BCUT2D eigenvalue weighted by Gasteiger charge is 2.34. The summed E-state index contributed by atoms with van der Waals surface area (Å²) in [5.41, 5.74) is 2.35. The minimum absolute atomic E-state index is 0.0768. The van der Waals surface area contributed by atoms with E-state index in [0.29, 0.717) is 0 Å². The van der Waals surface area contributed by atoms with Gasteiger partial charge in [0.2, 0.25) is 0 Å². The van der Waals surface area contributed by atoms with Gasteiger partial charge < -0.3 is 0 Å². The first-order valence-electron chi connectivity index (χ1n) is 7.18. The van der Waals surface area contributed by atoms with Crippen LogP contribution in [0.3, 0.4) is 0 Å². The van der Waals surface area contributed by atoms with Gasteiger partial charge in [-0.1, -0.05) is 65.0 Å². The minimum atomic E-state index is 0.0768. The SMILES string of the molecule is CC(=O)c1ccc2ccc(C(C)(C)C(C)(C)C)cc2c1. The van der Waals surface area contributed by atoms with E-state index in [1.54, 1.807) is 6.92 Å². The molecule has 0 N–H and O–H groups in total. The number of fused-ring (bicyclic) bond motifs is 1. The molecule has 106 valence electrons. The van der Waals surface area contributed by atoms with E-state index in [0.717, 1.165) is 10.9 Å². The second kappa shape index (κ2) is 4.73. The van der Waals surface area contributed by atoms with Crippen molar-refractivity contribution in [3.8, 4) is 0 Å². The predicted molar refractivity (Wildman–Crippen MR) is 86.4 cm³/mol. The van der Waals surface area contributed by atoms with Crippen LogP contribution < -0.4 is 0 Å². The summed E-state index contributed by atoms with van der Waals surface area (Å²) in [6.07, 6.45) is 0. The van der Waals surface area contributed by atoms with Gasteiger partial charge in [-0.05, 0) is 40.2 Å². The van der Waals surface area contributed by atoms with Gasteiger partial charge in [0.05, 0.1) is 0 Å². The summed E-state index contributed by atoms with van der Waals surface area (Å²) in [6, 6.07) is 12.5. The number of benzene rings is 2. The molecule has 0 saturated carbocycles. The molecule has 2 rings (SSSR count). The Labute approximate surface area is 122 Å². The van der Waals surface area contributed by atoms with Gasteiger partial charge in [-0.25, -0.2) is 0 Å². The Kier molecular flexibility index (Phi) is 3.49. The Morgan fingerprint density at radius 2 is 1.45 bits per heavy atom. The molecule has 1 nitrogen and oxygen atoms in total. The maximum Gasteiger partial charge on any atom is 0.159 e. The molecule has 0 atom stereocenters. The Hall–Kier alpha value is -1.63. The third kappa shape index (κ3) is 2.49. The van der Waals surface area contributed by atoms with Crippen molar-refractivity contribution < 1.29 is 4.79 Å². The van der Waals surface area contributed by atoms with Crippen LogP contribution in [-0.2, 0) is 5.41 Å². The summed E-state index contributed by atoms with van der Waals surface area (Å²) in [7, 11) is 0. The smallest absolute Gasteiger partial charge is 0.159 e. The second-order valence-corrected chi connectivity index (χ2v) is 7.21. The Balaban J connectivity index is 2.61. The number of ketones is 1. The number of carbonyl (C=O) groups is 1. The standard InChI is InChI=1S/C19H24O/c1-13(20)15-8-7-14-9-10-17(12-16(14)11-15)19(5,6)18(2,3)4/h7-12H,1-6H3. The molecule has 0 aliphatic heterocycles. The maximum absolute atomic E-state index is 11.5. The zero-order valence-electron chi connectivity index (χ0n) is 13.4. The topological polar surface area (TPSA) is 17.1 Å². The zero-order chi connectivity index (χ0) is 15.1. The highest BCUT2D eigenvalue weighted by atomic mass is 16.1. The Morgan fingerprint density at radius 3 is 2.00 bits per heavy atom. The van der Waals surface area contributed by atoms with Crippen LogP contribution in [-0.4, -0.2) is 5.78 Å². The third-order valence-electron chi connectivity index (χ3n) is 4.84. The molecule has 0 spiro atoms. The summed E-state index contributed by atoms with van der Waals surface area (Å²) in [5.74, 6) is 0.118. The van der Waals surface area contributed by atoms with Crippen molar-refractivity contribution in [2.45, 2.75) is 47.0 Å². The molecule has 0 unspecified atom stereocenters. The number of Topliss-reactive ketones (excluding diaryl/α,β-unsaturated/α-hetero) is 1. The highest BCUT2D eigenvalue weighted by Crippen LogP contribution is 2.41. The van der Waals surface area contributed by atoms with Crippen molar-refractivity contribution in [3.63, 3.8) is 0 Å². The molecule has 2 aromatic carbocycles. The maximum atomic E-state index is 11.5. The first-order valence-corrected chi connectivity index (χ1v) is 7.18. The van der Waals surface area contributed by atoms with Crippen LogP contribution in [0.2, 0.25) is 0 Å². The van der Waals surface area contributed by atoms with E-state index in [9.17, 15) is 4.79 Å². The van der Waals surface area contributed by atoms with Gasteiger partial charge in [0.1, 0.15) is 0 Å². The lowest BCUT2D eigenvalue weighted by Crippen LogP contribution is -2.33. The van der Waals surface area contributed by atoms with E-state index >= 15 is 0 Å². The van der Waals surface area contributed by atoms with Gasteiger partial charge in [0.25, 0.3) is 0 Å². The molecular weight excluding hydrogens is 244 g/mol. The molecule has 1 heteroatoms. The van der Waals surface area contributed by atoms with Crippen LogP contribution in [0.4, 0.5) is 0 Å². The molecule has 0 aliphatic rings. The van der Waals surface area contributed by atoms with Crippen molar-refractivity contribution in [3.05, 3.63) is 47.5 Å². The van der Waals surface area contributed by atoms with Crippen molar-refractivity contribution in [1.82, 2.24) is 0 Å². The first-order chi connectivity index (χ1) is 9.13. The summed E-state index contributed by atoms with van der Waals surface area (Å²) >= 11 is 0. The third-order valence-corrected chi connectivity index (χ3v) is 4.84. The van der Waals surface area contributed by atoms with Crippen LogP contribution in [0.15, 0.2) is 36.4 Å². The molecule has 2 aromatic rings. The van der Waals surface area contributed by atoms with Gasteiger partial charge in [-0.15, -0.1) is 0 Å². The van der Waals surface area contributed by atoms with E-state index < -0.39 is 0 Å². The molecule has 0 heterocycles. The van der Waals surface area contributed by atoms with Crippen LogP contribution in [0, 0.1) is 5.41 Å². The van der Waals surface area contributed by atoms with Crippen LogP contribution in [0.25, 0.3) is 10.8 Å². The number of hydrogen-bond acceptors (Lipinski definition) is 1. The fourth-order valence-corrected chi connectivity index (χ4v) is 2.29. The minimum Gasteiger partial charge on any atom is -0.295 e. The van der Waals surface area contributed by atoms with Crippen molar-refractivity contribution in [2.75, 3.05) is 0 Å². The largest absolute Gasteiger partial charge is 0.295 e. The lowest BCUT2D eigenvalue weighted by molar-refractivity contribution is 0.101. The molecule has 0 aromatic heterocycles. The van der Waals surface area contributed by atoms with Crippen LogP contribution in [0.1, 0.15) is 57.5 Å². The molecule has 0 fully saturated rings.